The number of ether oxygens (including phenoxy) is 1. The highest BCUT2D eigenvalue weighted by atomic mass is 35.5. The first-order valence-corrected chi connectivity index (χ1v) is 11.4. The van der Waals surface area contributed by atoms with E-state index in [4.69, 9.17) is 16.3 Å². The number of thioether (sulfide) groups is 1. The molecule has 0 radical (unpaired) electrons. The number of amides is 1. The molecule has 2 aromatic rings. The molecule has 0 spiro atoms. The van der Waals surface area contributed by atoms with Crippen LogP contribution in [0, 0.1) is 0 Å². The number of hydrogen-bond acceptors (Lipinski definition) is 6. The SMILES string of the molecule is O=C(c1ccc(CSc2nc(Cl)cc(N3CCOCC3)n2)cc1)N1CCCCC1. The van der Waals surface area contributed by atoms with Gasteiger partial charge in [0.15, 0.2) is 5.16 Å². The Bertz CT molecular complexity index is 837. The van der Waals surface area contributed by atoms with Crippen molar-refractivity contribution in [3.05, 3.63) is 46.6 Å². The largest absolute Gasteiger partial charge is 0.378 e. The molecular weight excluding hydrogens is 408 g/mol. The third-order valence-electron chi connectivity index (χ3n) is 5.21. The molecule has 1 amide bonds. The number of carbonyl (C=O) groups excluding carboxylic acids is 1. The lowest BCUT2D eigenvalue weighted by atomic mass is 10.1. The van der Waals surface area contributed by atoms with E-state index < -0.39 is 0 Å². The van der Waals surface area contributed by atoms with Crippen LogP contribution in [0.2, 0.25) is 5.15 Å². The van der Waals surface area contributed by atoms with Crippen LogP contribution in [0.25, 0.3) is 0 Å². The molecule has 2 aliphatic rings. The summed E-state index contributed by atoms with van der Waals surface area (Å²) in [6.07, 6.45) is 3.43. The van der Waals surface area contributed by atoms with E-state index in [0.29, 0.717) is 23.5 Å². The fourth-order valence-corrected chi connectivity index (χ4v) is 4.61. The normalized spacial score (nSPS) is 17.4. The zero-order valence-electron chi connectivity index (χ0n) is 16.3. The molecule has 6 nitrogen and oxygen atoms in total. The molecule has 2 saturated heterocycles. The minimum absolute atomic E-state index is 0.136. The van der Waals surface area contributed by atoms with Crippen LogP contribution in [0.15, 0.2) is 35.5 Å². The fourth-order valence-electron chi connectivity index (χ4n) is 3.58. The van der Waals surface area contributed by atoms with Crippen molar-refractivity contribution in [1.82, 2.24) is 14.9 Å². The van der Waals surface area contributed by atoms with Crippen molar-refractivity contribution in [2.45, 2.75) is 30.2 Å². The zero-order valence-corrected chi connectivity index (χ0v) is 17.9. The van der Waals surface area contributed by atoms with Gasteiger partial charge < -0.3 is 14.5 Å². The first-order chi connectivity index (χ1) is 14.2. The number of piperidine rings is 1. The van der Waals surface area contributed by atoms with Crippen molar-refractivity contribution in [1.29, 1.82) is 0 Å². The van der Waals surface area contributed by atoms with Crippen molar-refractivity contribution in [3.63, 3.8) is 0 Å². The van der Waals surface area contributed by atoms with E-state index in [-0.39, 0.29) is 5.91 Å². The molecular formula is C21H25ClN4O2S. The van der Waals surface area contributed by atoms with Crippen LogP contribution >= 0.6 is 23.4 Å². The summed E-state index contributed by atoms with van der Waals surface area (Å²) in [5, 5.41) is 1.11. The van der Waals surface area contributed by atoms with Crippen LogP contribution in [0.5, 0.6) is 0 Å². The van der Waals surface area contributed by atoms with Gasteiger partial charge in [-0.15, -0.1) is 0 Å². The number of benzene rings is 1. The van der Waals surface area contributed by atoms with Crippen LogP contribution in [-0.2, 0) is 10.5 Å². The number of aromatic nitrogens is 2. The molecule has 0 atom stereocenters. The molecule has 1 aromatic carbocycles. The number of hydrogen-bond donors (Lipinski definition) is 0. The molecule has 29 heavy (non-hydrogen) atoms. The molecule has 154 valence electrons. The van der Waals surface area contributed by atoms with Gasteiger partial charge in [-0.05, 0) is 37.0 Å². The molecule has 1 aromatic heterocycles. The van der Waals surface area contributed by atoms with Crippen LogP contribution in [0.1, 0.15) is 35.2 Å². The number of carbonyl (C=O) groups is 1. The van der Waals surface area contributed by atoms with Crippen LogP contribution < -0.4 is 4.90 Å². The molecule has 0 bridgehead atoms. The second-order valence-electron chi connectivity index (χ2n) is 7.27. The van der Waals surface area contributed by atoms with Crippen molar-refractivity contribution in [2.24, 2.45) is 0 Å². The van der Waals surface area contributed by atoms with Crippen molar-refractivity contribution in [2.75, 3.05) is 44.3 Å². The number of morpholine rings is 1. The predicted molar refractivity (Wildman–Crippen MR) is 116 cm³/mol. The van der Waals surface area contributed by atoms with Gasteiger partial charge in [-0.2, -0.15) is 0 Å². The summed E-state index contributed by atoms with van der Waals surface area (Å²) >= 11 is 7.76. The van der Waals surface area contributed by atoms with Gasteiger partial charge in [-0.25, -0.2) is 9.97 Å². The van der Waals surface area contributed by atoms with E-state index >= 15 is 0 Å². The third kappa shape index (κ3) is 5.41. The van der Waals surface area contributed by atoms with Gasteiger partial charge in [0, 0.05) is 43.6 Å². The number of halogens is 1. The molecule has 2 aliphatic heterocycles. The maximum Gasteiger partial charge on any atom is 0.253 e. The molecule has 2 fully saturated rings. The Morgan fingerprint density at radius 1 is 1.03 bits per heavy atom. The van der Waals surface area contributed by atoms with E-state index in [0.717, 1.165) is 61.7 Å². The third-order valence-corrected chi connectivity index (χ3v) is 6.32. The lowest BCUT2D eigenvalue weighted by Crippen LogP contribution is -2.36. The van der Waals surface area contributed by atoms with E-state index in [1.807, 2.05) is 29.2 Å². The second kappa shape index (κ2) is 9.78. The standard InChI is InChI=1S/C21H25ClN4O2S/c22-18-14-19(25-10-12-28-13-11-25)24-21(23-18)29-15-16-4-6-17(7-5-16)20(27)26-8-2-1-3-9-26/h4-7,14H,1-3,8-13,15H2. The Hall–Kier alpha value is -1.83. The minimum atomic E-state index is 0.136. The number of nitrogens with zero attached hydrogens (tertiary/aromatic N) is 4. The summed E-state index contributed by atoms with van der Waals surface area (Å²) in [6, 6.07) is 9.67. The lowest BCUT2D eigenvalue weighted by molar-refractivity contribution is 0.0724. The molecule has 0 saturated carbocycles. The molecule has 0 N–H and O–H groups in total. The van der Waals surface area contributed by atoms with Gasteiger partial charge in [0.1, 0.15) is 11.0 Å². The monoisotopic (exact) mass is 432 g/mol. The molecule has 0 aliphatic carbocycles. The van der Waals surface area contributed by atoms with E-state index in [1.54, 1.807) is 17.8 Å². The van der Waals surface area contributed by atoms with Gasteiger partial charge in [-0.1, -0.05) is 35.5 Å². The average molecular weight is 433 g/mol. The van der Waals surface area contributed by atoms with Crippen LogP contribution in [-0.4, -0.2) is 60.2 Å². The number of likely N-dealkylation sites (tertiary alicyclic amines) is 1. The highest BCUT2D eigenvalue weighted by Gasteiger charge is 2.18. The quantitative estimate of drug-likeness (QED) is 0.406. The van der Waals surface area contributed by atoms with Gasteiger partial charge >= 0.3 is 0 Å². The predicted octanol–water partition coefficient (Wildman–Crippen LogP) is 3.89. The fraction of sp³-hybridized carbons (Fsp3) is 0.476. The summed E-state index contributed by atoms with van der Waals surface area (Å²) in [4.78, 5) is 25.7. The molecule has 8 heteroatoms. The Morgan fingerprint density at radius 3 is 2.48 bits per heavy atom. The maximum absolute atomic E-state index is 12.6. The second-order valence-corrected chi connectivity index (χ2v) is 8.60. The van der Waals surface area contributed by atoms with Crippen LogP contribution in [0.3, 0.4) is 0 Å². The van der Waals surface area contributed by atoms with E-state index in [1.165, 1.54) is 6.42 Å². The first-order valence-electron chi connectivity index (χ1n) is 10.1. The van der Waals surface area contributed by atoms with Crippen molar-refractivity contribution in [3.8, 4) is 0 Å². The lowest BCUT2D eigenvalue weighted by Gasteiger charge is -2.27. The van der Waals surface area contributed by atoms with E-state index in [9.17, 15) is 4.79 Å². The Labute approximate surface area is 180 Å². The summed E-state index contributed by atoms with van der Waals surface area (Å²) in [5.74, 6) is 1.71. The Morgan fingerprint density at radius 2 is 1.76 bits per heavy atom. The van der Waals surface area contributed by atoms with E-state index in [2.05, 4.69) is 14.9 Å². The molecule has 3 heterocycles. The molecule has 4 rings (SSSR count). The first kappa shape index (κ1) is 20.4. The maximum atomic E-state index is 12.6. The summed E-state index contributed by atoms with van der Waals surface area (Å²) in [5.41, 5.74) is 1.89. The number of anilines is 1. The molecule has 0 unspecified atom stereocenters. The highest BCUT2D eigenvalue weighted by Crippen LogP contribution is 2.25. The van der Waals surface area contributed by atoms with Gasteiger partial charge in [0.2, 0.25) is 0 Å². The van der Waals surface area contributed by atoms with Gasteiger partial charge in [0.05, 0.1) is 13.2 Å². The average Bonchev–Trinajstić information content (AvgIpc) is 2.78. The zero-order chi connectivity index (χ0) is 20.1. The van der Waals surface area contributed by atoms with Gasteiger partial charge in [-0.3, -0.25) is 4.79 Å². The smallest absolute Gasteiger partial charge is 0.253 e. The van der Waals surface area contributed by atoms with Crippen molar-refractivity contribution >= 4 is 35.1 Å². The Balaban J connectivity index is 1.37. The summed E-state index contributed by atoms with van der Waals surface area (Å²) < 4.78 is 5.40. The van der Waals surface area contributed by atoms with Gasteiger partial charge in [0.25, 0.3) is 5.91 Å². The Kier molecular flexibility index (Phi) is 6.90. The summed E-state index contributed by atoms with van der Waals surface area (Å²) in [7, 11) is 0. The number of rotatable bonds is 5. The highest BCUT2D eigenvalue weighted by molar-refractivity contribution is 7.98. The summed E-state index contributed by atoms with van der Waals surface area (Å²) in [6.45, 7) is 4.76. The minimum Gasteiger partial charge on any atom is -0.378 e. The van der Waals surface area contributed by atoms with Crippen LogP contribution in [0.4, 0.5) is 5.82 Å². The topological polar surface area (TPSA) is 58.6 Å². The van der Waals surface area contributed by atoms with Crippen molar-refractivity contribution < 1.29 is 9.53 Å².